The van der Waals surface area contributed by atoms with Crippen molar-refractivity contribution < 1.29 is 8.42 Å². The Morgan fingerprint density at radius 1 is 1.40 bits per heavy atom. The Labute approximate surface area is 117 Å². The monoisotopic (exact) mass is 295 g/mol. The van der Waals surface area contributed by atoms with E-state index in [4.69, 9.17) is 5.73 Å². The molecule has 20 heavy (non-hydrogen) atoms. The molecule has 0 saturated carbocycles. The molecule has 0 spiro atoms. The zero-order valence-corrected chi connectivity index (χ0v) is 12.1. The number of aromatic amines is 1. The van der Waals surface area contributed by atoms with Crippen LogP contribution < -0.4 is 11.1 Å². The molecule has 0 saturated heterocycles. The summed E-state index contributed by atoms with van der Waals surface area (Å²) >= 11 is 0. The first-order valence-corrected chi connectivity index (χ1v) is 7.39. The molecule has 108 valence electrons. The molecular formula is C12H17N5O2S. The van der Waals surface area contributed by atoms with Crippen LogP contribution in [0.5, 0.6) is 0 Å². The fourth-order valence-electron chi connectivity index (χ4n) is 1.69. The fourth-order valence-corrected chi connectivity index (χ4v) is 2.72. The molecule has 0 aliphatic heterocycles. The van der Waals surface area contributed by atoms with Crippen LogP contribution in [-0.4, -0.2) is 37.0 Å². The van der Waals surface area contributed by atoms with Gasteiger partial charge in [-0.1, -0.05) is 6.07 Å². The summed E-state index contributed by atoms with van der Waals surface area (Å²) in [6.45, 7) is 0.506. The van der Waals surface area contributed by atoms with Gasteiger partial charge in [-0.05, 0) is 12.1 Å². The minimum atomic E-state index is -3.55. The van der Waals surface area contributed by atoms with Crippen LogP contribution >= 0.6 is 0 Å². The third kappa shape index (κ3) is 2.75. The summed E-state index contributed by atoms with van der Waals surface area (Å²) in [4.78, 5) is 0.0969. The average molecular weight is 295 g/mol. The molecule has 8 heteroatoms. The number of aromatic nitrogens is 2. The molecule has 0 fully saturated rings. The van der Waals surface area contributed by atoms with Gasteiger partial charge in [-0.2, -0.15) is 5.10 Å². The summed E-state index contributed by atoms with van der Waals surface area (Å²) < 4.78 is 25.4. The second kappa shape index (κ2) is 5.51. The SMILES string of the molecule is CN(C)S(=O)(=O)c1cccc(NCc2cn[nH]c2)c1N. The van der Waals surface area contributed by atoms with Gasteiger partial charge in [0.1, 0.15) is 4.90 Å². The summed E-state index contributed by atoms with van der Waals surface area (Å²) in [5.74, 6) is 0. The number of nitrogen functional groups attached to an aromatic ring is 1. The lowest BCUT2D eigenvalue weighted by atomic mass is 10.2. The standard InChI is InChI=1S/C12H17N5O2S/c1-17(2)20(18,19)11-5-3-4-10(12(11)13)14-6-9-7-15-16-8-9/h3-5,7-8,14H,6,13H2,1-2H3,(H,15,16). The predicted octanol–water partition coefficient (Wildman–Crippen LogP) is 0.854. The van der Waals surface area contributed by atoms with Crippen molar-refractivity contribution in [3.8, 4) is 0 Å². The summed E-state index contributed by atoms with van der Waals surface area (Å²) in [7, 11) is -0.607. The van der Waals surface area contributed by atoms with E-state index in [0.717, 1.165) is 9.87 Å². The van der Waals surface area contributed by atoms with E-state index in [1.807, 2.05) is 0 Å². The van der Waals surface area contributed by atoms with Gasteiger partial charge in [0.25, 0.3) is 0 Å². The number of hydrogen-bond acceptors (Lipinski definition) is 5. The number of nitrogens with two attached hydrogens (primary N) is 1. The van der Waals surface area contributed by atoms with Crippen molar-refractivity contribution in [1.82, 2.24) is 14.5 Å². The van der Waals surface area contributed by atoms with Crippen LogP contribution in [0, 0.1) is 0 Å². The molecule has 1 aromatic carbocycles. The highest BCUT2D eigenvalue weighted by molar-refractivity contribution is 7.89. The lowest BCUT2D eigenvalue weighted by Gasteiger charge is -2.16. The third-order valence-electron chi connectivity index (χ3n) is 2.86. The number of benzene rings is 1. The molecule has 2 rings (SSSR count). The van der Waals surface area contributed by atoms with Crippen LogP contribution in [0.3, 0.4) is 0 Å². The first-order chi connectivity index (χ1) is 9.43. The number of nitrogens with one attached hydrogen (secondary N) is 2. The molecule has 1 heterocycles. The highest BCUT2D eigenvalue weighted by atomic mass is 32.2. The largest absolute Gasteiger partial charge is 0.396 e. The second-order valence-electron chi connectivity index (χ2n) is 4.46. The average Bonchev–Trinajstić information content (AvgIpc) is 2.90. The highest BCUT2D eigenvalue weighted by Crippen LogP contribution is 2.28. The molecule has 7 nitrogen and oxygen atoms in total. The Balaban J connectivity index is 2.28. The Morgan fingerprint density at radius 2 is 2.15 bits per heavy atom. The van der Waals surface area contributed by atoms with Crippen molar-refractivity contribution in [1.29, 1.82) is 0 Å². The number of nitrogens with zero attached hydrogens (tertiary/aromatic N) is 2. The Kier molecular flexibility index (Phi) is 3.96. The number of anilines is 2. The van der Waals surface area contributed by atoms with Gasteiger partial charge in [-0.3, -0.25) is 5.10 Å². The number of sulfonamides is 1. The van der Waals surface area contributed by atoms with Crippen LogP contribution in [0.1, 0.15) is 5.56 Å². The van der Waals surface area contributed by atoms with Crippen molar-refractivity contribution in [2.45, 2.75) is 11.4 Å². The van der Waals surface area contributed by atoms with Crippen molar-refractivity contribution in [3.63, 3.8) is 0 Å². The first kappa shape index (κ1) is 14.4. The van der Waals surface area contributed by atoms with Crippen LogP contribution in [0.15, 0.2) is 35.5 Å². The van der Waals surface area contributed by atoms with E-state index in [1.165, 1.54) is 20.2 Å². The molecule has 0 radical (unpaired) electrons. The zero-order chi connectivity index (χ0) is 14.8. The molecule has 4 N–H and O–H groups in total. The maximum absolute atomic E-state index is 12.1. The quantitative estimate of drug-likeness (QED) is 0.710. The normalized spacial score (nSPS) is 11.8. The van der Waals surface area contributed by atoms with Crippen molar-refractivity contribution in [3.05, 3.63) is 36.2 Å². The number of hydrogen-bond donors (Lipinski definition) is 3. The Hall–Kier alpha value is -2.06. The summed E-state index contributed by atoms with van der Waals surface area (Å²) in [5.41, 5.74) is 7.69. The van der Waals surface area contributed by atoms with Gasteiger partial charge in [-0.15, -0.1) is 0 Å². The molecule has 1 aromatic heterocycles. The molecule has 0 bridgehead atoms. The number of para-hydroxylation sites is 1. The lowest BCUT2D eigenvalue weighted by molar-refractivity contribution is 0.521. The number of rotatable bonds is 5. The highest BCUT2D eigenvalue weighted by Gasteiger charge is 2.21. The molecule has 0 unspecified atom stereocenters. The molecule has 2 aromatic rings. The Bertz CT molecular complexity index is 680. The van der Waals surface area contributed by atoms with Gasteiger partial charge in [0.2, 0.25) is 10.0 Å². The molecular weight excluding hydrogens is 278 g/mol. The lowest BCUT2D eigenvalue weighted by Crippen LogP contribution is -2.23. The van der Waals surface area contributed by atoms with Crippen molar-refractivity contribution in [2.75, 3.05) is 25.1 Å². The Morgan fingerprint density at radius 3 is 2.75 bits per heavy atom. The maximum atomic E-state index is 12.1. The van der Waals surface area contributed by atoms with E-state index in [2.05, 4.69) is 15.5 Å². The van der Waals surface area contributed by atoms with Crippen molar-refractivity contribution in [2.24, 2.45) is 0 Å². The minimum Gasteiger partial charge on any atom is -0.396 e. The molecule has 0 atom stereocenters. The summed E-state index contributed by atoms with van der Waals surface area (Å²) in [6, 6.07) is 4.89. The third-order valence-corrected chi connectivity index (χ3v) is 4.74. The van der Waals surface area contributed by atoms with E-state index in [1.54, 1.807) is 24.5 Å². The van der Waals surface area contributed by atoms with Gasteiger partial charge >= 0.3 is 0 Å². The molecule has 0 aliphatic carbocycles. The van der Waals surface area contributed by atoms with Gasteiger partial charge < -0.3 is 11.1 Å². The maximum Gasteiger partial charge on any atom is 0.244 e. The zero-order valence-electron chi connectivity index (χ0n) is 11.3. The summed E-state index contributed by atoms with van der Waals surface area (Å²) in [5, 5.41) is 9.64. The van der Waals surface area contributed by atoms with E-state index >= 15 is 0 Å². The van der Waals surface area contributed by atoms with Crippen LogP contribution in [0.25, 0.3) is 0 Å². The van der Waals surface area contributed by atoms with E-state index in [-0.39, 0.29) is 10.6 Å². The second-order valence-corrected chi connectivity index (χ2v) is 6.59. The number of H-pyrrole nitrogens is 1. The van der Waals surface area contributed by atoms with E-state index < -0.39 is 10.0 Å². The van der Waals surface area contributed by atoms with Crippen LogP contribution in [-0.2, 0) is 16.6 Å². The topological polar surface area (TPSA) is 104 Å². The molecule has 0 aliphatic rings. The van der Waals surface area contributed by atoms with Crippen LogP contribution in [0.2, 0.25) is 0 Å². The van der Waals surface area contributed by atoms with Gasteiger partial charge in [0.15, 0.2) is 0 Å². The van der Waals surface area contributed by atoms with Gasteiger partial charge in [0, 0.05) is 32.4 Å². The van der Waals surface area contributed by atoms with Crippen molar-refractivity contribution >= 4 is 21.4 Å². The minimum absolute atomic E-state index is 0.0969. The van der Waals surface area contributed by atoms with E-state index in [9.17, 15) is 8.42 Å². The summed E-state index contributed by atoms with van der Waals surface area (Å²) in [6.07, 6.45) is 3.44. The van der Waals surface area contributed by atoms with Crippen LogP contribution in [0.4, 0.5) is 11.4 Å². The molecule has 0 amide bonds. The van der Waals surface area contributed by atoms with Gasteiger partial charge in [0.05, 0.1) is 17.6 Å². The first-order valence-electron chi connectivity index (χ1n) is 5.95. The van der Waals surface area contributed by atoms with Gasteiger partial charge in [-0.25, -0.2) is 12.7 Å². The fraction of sp³-hybridized carbons (Fsp3) is 0.250. The van der Waals surface area contributed by atoms with E-state index in [0.29, 0.717) is 12.2 Å². The smallest absolute Gasteiger partial charge is 0.244 e. The predicted molar refractivity (Wildman–Crippen MR) is 77.6 cm³/mol.